The van der Waals surface area contributed by atoms with Crippen LogP contribution in [0.2, 0.25) is 0 Å². The van der Waals surface area contributed by atoms with Gasteiger partial charge >= 0.3 is 0 Å². The zero-order valence-corrected chi connectivity index (χ0v) is 14.2. The van der Waals surface area contributed by atoms with Gasteiger partial charge in [-0.05, 0) is 38.5 Å². The van der Waals surface area contributed by atoms with Gasteiger partial charge in [-0.1, -0.05) is 6.07 Å². The van der Waals surface area contributed by atoms with E-state index < -0.39 is 0 Å². The molecule has 0 aliphatic rings. The van der Waals surface area contributed by atoms with Gasteiger partial charge in [0.15, 0.2) is 5.65 Å². The Morgan fingerprint density at radius 1 is 0.960 bits per heavy atom. The van der Waals surface area contributed by atoms with Gasteiger partial charge in [0.25, 0.3) is 0 Å². The number of aromatic hydroxyl groups is 1. The fraction of sp³-hybridized carbons (Fsp3) is 0.158. The zero-order valence-electron chi connectivity index (χ0n) is 14.2. The fourth-order valence-electron chi connectivity index (χ4n) is 2.94. The molecule has 0 fully saturated rings. The van der Waals surface area contributed by atoms with Gasteiger partial charge in [0, 0.05) is 29.1 Å². The predicted octanol–water partition coefficient (Wildman–Crippen LogP) is 3.71. The smallest absolute Gasteiger partial charge is 0.156 e. The molecular weight excluding hydrogens is 314 g/mol. The van der Waals surface area contributed by atoms with Crippen molar-refractivity contribution in [1.82, 2.24) is 24.9 Å². The first kappa shape index (κ1) is 15.3. The normalized spacial score (nSPS) is 11.2. The molecule has 6 heteroatoms. The van der Waals surface area contributed by atoms with E-state index in [-0.39, 0.29) is 5.75 Å². The van der Waals surface area contributed by atoms with Gasteiger partial charge in [0.2, 0.25) is 0 Å². The molecular formula is C19H17N5O. The van der Waals surface area contributed by atoms with Crippen molar-refractivity contribution in [1.29, 1.82) is 0 Å². The van der Waals surface area contributed by atoms with Crippen LogP contribution < -0.4 is 0 Å². The first-order valence-corrected chi connectivity index (χ1v) is 7.97. The molecule has 0 aliphatic heterocycles. The monoisotopic (exact) mass is 331 g/mol. The van der Waals surface area contributed by atoms with E-state index in [0.717, 1.165) is 45.0 Å². The van der Waals surface area contributed by atoms with Crippen molar-refractivity contribution in [3.8, 4) is 28.3 Å². The van der Waals surface area contributed by atoms with Crippen LogP contribution in [0.1, 0.15) is 17.0 Å². The molecule has 25 heavy (non-hydrogen) atoms. The Morgan fingerprint density at radius 3 is 2.48 bits per heavy atom. The number of hydrogen-bond donors (Lipinski definition) is 2. The molecule has 0 unspecified atom stereocenters. The molecule has 124 valence electrons. The minimum Gasteiger partial charge on any atom is -0.508 e. The van der Waals surface area contributed by atoms with Crippen LogP contribution in [-0.4, -0.2) is 30.0 Å². The second-order valence-electron chi connectivity index (χ2n) is 6.09. The number of aryl methyl sites for hydroxylation is 2. The van der Waals surface area contributed by atoms with Crippen LogP contribution in [0, 0.1) is 20.8 Å². The third-order valence-electron chi connectivity index (χ3n) is 4.33. The van der Waals surface area contributed by atoms with Gasteiger partial charge in [-0.2, -0.15) is 0 Å². The molecule has 0 spiro atoms. The number of fused-ring (bicyclic) bond motifs is 1. The second kappa shape index (κ2) is 5.66. The topological polar surface area (TPSA) is 87.6 Å². The minimum absolute atomic E-state index is 0.258. The third-order valence-corrected chi connectivity index (χ3v) is 4.33. The Bertz CT molecular complexity index is 1080. The van der Waals surface area contributed by atoms with Crippen molar-refractivity contribution >= 4 is 11.2 Å². The number of aromatic nitrogens is 5. The van der Waals surface area contributed by atoms with Gasteiger partial charge in [-0.3, -0.25) is 0 Å². The maximum Gasteiger partial charge on any atom is 0.156 e. The summed E-state index contributed by atoms with van der Waals surface area (Å²) >= 11 is 0. The quantitative estimate of drug-likeness (QED) is 0.584. The molecule has 0 radical (unpaired) electrons. The van der Waals surface area contributed by atoms with E-state index in [1.165, 1.54) is 0 Å². The first-order valence-electron chi connectivity index (χ1n) is 7.97. The van der Waals surface area contributed by atoms with Gasteiger partial charge in [0.1, 0.15) is 17.1 Å². The number of nitrogens with one attached hydrogen (secondary N) is 1. The lowest BCUT2D eigenvalue weighted by atomic mass is 9.99. The van der Waals surface area contributed by atoms with Crippen LogP contribution in [0.25, 0.3) is 33.7 Å². The molecule has 4 aromatic rings. The summed E-state index contributed by atoms with van der Waals surface area (Å²) in [5.74, 6) is 0.988. The number of H-pyrrole nitrogens is 1. The van der Waals surface area contributed by atoms with Crippen LogP contribution in [0.3, 0.4) is 0 Å². The summed E-state index contributed by atoms with van der Waals surface area (Å²) in [6.07, 6.45) is 5.28. The lowest BCUT2D eigenvalue weighted by molar-refractivity contribution is 0.471. The summed E-state index contributed by atoms with van der Waals surface area (Å²) in [4.78, 5) is 20.9. The highest BCUT2D eigenvalue weighted by Gasteiger charge is 2.13. The van der Waals surface area contributed by atoms with E-state index in [0.29, 0.717) is 5.65 Å². The Morgan fingerprint density at radius 2 is 1.72 bits per heavy atom. The molecule has 3 aromatic heterocycles. The van der Waals surface area contributed by atoms with Crippen LogP contribution in [-0.2, 0) is 0 Å². The summed E-state index contributed by atoms with van der Waals surface area (Å²) in [7, 11) is 0. The van der Waals surface area contributed by atoms with E-state index >= 15 is 0 Å². The summed E-state index contributed by atoms with van der Waals surface area (Å²) in [6, 6.07) is 5.52. The standard InChI is InChI=1S/C19H17N5O/c1-10-4-5-17(25)11(2)18(10)16-9-22-19-15(23-16)6-14(24-19)13-7-20-12(3)21-8-13/h4-9,25H,1-3H3,(H,22,24). The summed E-state index contributed by atoms with van der Waals surface area (Å²) < 4.78 is 0. The average Bonchev–Trinajstić information content (AvgIpc) is 3.02. The van der Waals surface area contributed by atoms with Crippen LogP contribution >= 0.6 is 0 Å². The summed E-state index contributed by atoms with van der Waals surface area (Å²) in [5, 5.41) is 10.0. The molecule has 1 aromatic carbocycles. The summed E-state index contributed by atoms with van der Waals surface area (Å²) in [6.45, 7) is 5.74. The number of aromatic amines is 1. The molecule has 0 saturated carbocycles. The van der Waals surface area contributed by atoms with E-state index in [1.54, 1.807) is 24.7 Å². The van der Waals surface area contributed by atoms with Gasteiger partial charge in [-0.25, -0.2) is 19.9 Å². The maximum atomic E-state index is 10.0. The molecule has 2 N–H and O–H groups in total. The highest BCUT2D eigenvalue weighted by molar-refractivity contribution is 5.82. The van der Waals surface area contributed by atoms with E-state index in [2.05, 4.69) is 19.9 Å². The largest absolute Gasteiger partial charge is 0.508 e. The number of rotatable bonds is 2. The summed E-state index contributed by atoms with van der Waals surface area (Å²) in [5.41, 5.74) is 6.72. The molecule has 0 bridgehead atoms. The van der Waals surface area contributed by atoms with Crippen molar-refractivity contribution in [3.63, 3.8) is 0 Å². The SMILES string of the molecule is Cc1ncc(-c2cc3nc(-c4c(C)ccc(O)c4C)cnc3[nH]2)cn1. The molecule has 0 saturated heterocycles. The molecule has 0 aliphatic carbocycles. The van der Waals surface area contributed by atoms with Crippen molar-refractivity contribution in [2.45, 2.75) is 20.8 Å². The highest BCUT2D eigenvalue weighted by atomic mass is 16.3. The Balaban J connectivity index is 1.84. The molecule has 6 nitrogen and oxygen atoms in total. The number of nitrogens with zero attached hydrogens (tertiary/aromatic N) is 4. The van der Waals surface area contributed by atoms with Crippen molar-refractivity contribution in [2.24, 2.45) is 0 Å². The fourth-order valence-corrected chi connectivity index (χ4v) is 2.94. The lowest BCUT2D eigenvalue weighted by Gasteiger charge is -2.10. The van der Waals surface area contributed by atoms with E-state index in [1.807, 2.05) is 32.9 Å². The number of benzene rings is 1. The lowest BCUT2D eigenvalue weighted by Crippen LogP contribution is -1.93. The third kappa shape index (κ3) is 2.61. The maximum absolute atomic E-state index is 10.0. The Hall–Kier alpha value is -3.28. The minimum atomic E-state index is 0.258. The van der Waals surface area contributed by atoms with Crippen LogP contribution in [0.15, 0.2) is 36.8 Å². The molecule has 3 heterocycles. The van der Waals surface area contributed by atoms with Gasteiger partial charge in [0.05, 0.1) is 17.6 Å². The van der Waals surface area contributed by atoms with Crippen molar-refractivity contribution in [3.05, 3.63) is 53.7 Å². The zero-order chi connectivity index (χ0) is 17.6. The number of hydrogen-bond acceptors (Lipinski definition) is 5. The molecule has 0 amide bonds. The van der Waals surface area contributed by atoms with Gasteiger partial charge in [-0.15, -0.1) is 0 Å². The van der Waals surface area contributed by atoms with Crippen LogP contribution in [0.5, 0.6) is 5.75 Å². The predicted molar refractivity (Wildman–Crippen MR) is 96.2 cm³/mol. The first-order chi connectivity index (χ1) is 12.0. The Kier molecular flexibility index (Phi) is 3.46. The van der Waals surface area contributed by atoms with Crippen LogP contribution in [0.4, 0.5) is 0 Å². The second-order valence-corrected chi connectivity index (χ2v) is 6.09. The van der Waals surface area contributed by atoms with Gasteiger partial charge < -0.3 is 10.1 Å². The number of phenols is 1. The molecule has 4 rings (SSSR count). The highest BCUT2D eigenvalue weighted by Crippen LogP contribution is 2.32. The van der Waals surface area contributed by atoms with E-state index in [9.17, 15) is 5.11 Å². The molecule has 0 atom stereocenters. The Labute approximate surface area is 144 Å². The average molecular weight is 331 g/mol. The van der Waals surface area contributed by atoms with E-state index in [4.69, 9.17) is 4.98 Å². The van der Waals surface area contributed by atoms with Crippen molar-refractivity contribution in [2.75, 3.05) is 0 Å². The van der Waals surface area contributed by atoms with Crippen molar-refractivity contribution < 1.29 is 5.11 Å². The number of phenolic OH excluding ortho intramolecular Hbond substituents is 1.